The maximum Gasteiger partial charge on any atom is 0.339 e. The predicted molar refractivity (Wildman–Crippen MR) is 136 cm³/mol. The number of nitrogens with one attached hydrogen (secondary N) is 1. The van der Waals surface area contributed by atoms with Crippen molar-refractivity contribution in [3.63, 3.8) is 0 Å². The van der Waals surface area contributed by atoms with Gasteiger partial charge in [0.15, 0.2) is 0 Å². The Morgan fingerprint density at radius 1 is 1.29 bits per heavy atom. The Hall–Kier alpha value is -3.42. The number of amides is 1. The molecule has 1 aliphatic carbocycles. The summed E-state index contributed by atoms with van der Waals surface area (Å²) < 4.78 is 4.70. The highest BCUT2D eigenvalue weighted by atomic mass is 16.5. The third-order valence-electron chi connectivity index (χ3n) is 5.48. The first-order valence-electron chi connectivity index (χ1n) is 11.9. The zero-order chi connectivity index (χ0) is 25.3. The van der Waals surface area contributed by atoms with Crippen molar-refractivity contribution in [3.05, 3.63) is 59.7 Å². The lowest BCUT2D eigenvalue weighted by Gasteiger charge is -2.30. The smallest absolute Gasteiger partial charge is 0.339 e. The fourth-order valence-electron chi connectivity index (χ4n) is 3.96. The van der Waals surface area contributed by atoms with Crippen molar-refractivity contribution >= 4 is 23.5 Å². The molecule has 2 aliphatic rings. The van der Waals surface area contributed by atoms with Crippen LogP contribution in [0.2, 0.25) is 0 Å². The first kappa shape index (κ1) is 26.8. The lowest BCUT2D eigenvalue weighted by atomic mass is 10.2. The third kappa shape index (κ3) is 6.34. The highest BCUT2D eigenvalue weighted by Gasteiger charge is 2.37. The molecule has 1 saturated carbocycles. The number of esters is 1. The van der Waals surface area contributed by atoms with Gasteiger partial charge in [0.2, 0.25) is 0 Å². The van der Waals surface area contributed by atoms with E-state index in [1.54, 1.807) is 31.1 Å². The number of pyridine rings is 1. The molecule has 8 nitrogen and oxygen atoms in total. The number of hydrogen-bond donors (Lipinski definition) is 1. The topological polar surface area (TPSA) is 87.1 Å². The molecule has 0 radical (unpaired) electrons. The Labute approximate surface area is 203 Å². The van der Waals surface area contributed by atoms with Gasteiger partial charge in [-0.1, -0.05) is 46.3 Å². The van der Waals surface area contributed by atoms with E-state index < -0.39 is 5.97 Å². The van der Waals surface area contributed by atoms with Gasteiger partial charge in [0.25, 0.3) is 5.91 Å². The number of aromatic nitrogens is 1. The van der Waals surface area contributed by atoms with Gasteiger partial charge >= 0.3 is 5.97 Å². The largest absolute Gasteiger partial charge is 0.465 e. The summed E-state index contributed by atoms with van der Waals surface area (Å²) in [5, 5.41) is 3.08. The minimum Gasteiger partial charge on any atom is -0.465 e. The summed E-state index contributed by atoms with van der Waals surface area (Å²) in [6, 6.07) is 3.53. The molecule has 1 aromatic heterocycles. The zero-order valence-electron chi connectivity index (χ0n) is 21.2. The van der Waals surface area contributed by atoms with E-state index in [4.69, 9.17) is 9.73 Å². The van der Waals surface area contributed by atoms with E-state index in [-0.39, 0.29) is 11.9 Å². The number of hydrogen-bond acceptors (Lipinski definition) is 6. The van der Waals surface area contributed by atoms with Crippen LogP contribution in [0.1, 0.15) is 63.2 Å². The number of methoxy groups -OCH3 is 1. The number of amidine groups is 1. The van der Waals surface area contributed by atoms with E-state index in [1.807, 2.05) is 19.9 Å². The fourth-order valence-corrected chi connectivity index (χ4v) is 3.96. The molecule has 8 heteroatoms. The molecular formula is C26H37N5O3. The Bertz CT molecular complexity index is 971. The van der Waals surface area contributed by atoms with Crippen molar-refractivity contribution in [2.75, 3.05) is 26.5 Å². The van der Waals surface area contributed by atoms with E-state index in [2.05, 4.69) is 34.8 Å². The summed E-state index contributed by atoms with van der Waals surface area (Å²) in [5.41, 5.74) is 1.93. The zero-order valence-corrected chi connectivity index (χ0v) is 21.2. The van der Waals surface area contributed by atoms with Crippen LogP contribution in [-0.4, -0.2) is 59.7 Å². The van der Waals surface area contributed by atoms with E-state index in [1.165, 1.54) is 13.3 Å². The Morgan fingerprint density at radius 2 is 1.97 bits per heavy atom. The minimum atomic E-state index is -0.445. The highest BCUT2D eigenvalue weighted by Crippen LogP contribution is 2.34. The van der Waals surface area contributed by atoms with Crippen molar-refractivity contribution in [1.29, 1.82) is 0 Å². The van der Waals surface area contributed by atoms with E-state index >= 15 is 0 Å². The van der Waals surface area contributed by atoms with E-state index in [0.29, 0.717) is 22.9 Å². The molecule has 34 heavy (non-hydrogen) atoms. The van der Waals surface area contributed by atoms with Gasteiger partial charge in [0.1, 0.15) is 23.2 Å². The first-order chi connectivity index (χ1) is 16.3. The molecule has 2 heterocycles. The van der Waals surface area contributed by atoms with Gasteiger partial charge in [-0.2, -0.15) is 0 Å². The molecule has 0 spiro atoms. The van der Waals surface area contributed by atoms with Gasteiger partial charge in [-0.05, 0) is 37.5 Å². The molecule has 0 unspecified atom stereocenters. The maximum absolute atomic E-state index is 12.9. The van der Waals surface area contributed by atoms with Crippen molar-refractivity contribution in [2.24, 2.45) is 4.99 Å². The lowest BCUT2D eigenvalue weighted by Crippen LogP contribution is -2.40. The monoisotopic (exact) mass is 467 g/mol. The minimum absolute atomic E-state index is 0.0391. The Kier molecular flexibility index (Phi) is 10.0. The number of anilines is 1. The number of rotatable bonds is 7. The van der Waals surface area contributed by atoms with Crippen LogP contribution in [-0.2, 0) is 9.53 Å². The summed E-state index contributed by atoms with van der Waals surface area (Å²) in [5.74, 6) is 1.15. The molecule has 0 atom stereocenters. The quantitative estimate of drug-likeness (QED) is 0.583. The van der Waals surface area contributed by atoms with Crippen LogP contribution in [0.5, 0.6) is 0 Å². The first-order valence-corrected chi connectivity index (χ1v) is 11.9. The molecule has 0 aromatic carbocycles. The lowest BCUT2D eigenvalue weighted by molar-refractivity contribution is -0.126. The van der Waals surface area contributed by atoms with Gasteiger partial charge in [0.05, 0.1) is 12.7 Å². The van der Waals surface area contributed by atoms with Crippen LogP contribution in [0.3, 0.4) is 0 Å². The number of carbonyl (C=O) groups excluding carboxylic acids is 2. The van der Waals surface area contributed by atoms with Crippen LogP contribution in [0.25, 0.3) is 0 Å². The van der Waals surface area contributed by atoms with Crippen LogP contribution < -0.4 is 5.32 Å². The fraction of sp³-hybridized carbons (Fsp3) is 0.462. The molecule has 1 N–H and O–H groups in total. The Balaban J connectivity index is 0.00000199. The van der Waals surface area contributed by atoms with Crippen molar-refractivity contribution in [1.82, 2.24) is 14.8 Å². The van der Waals surface area contributed by atoms with Crippen molar-refractivity contribution < 1.29 is 14.3 Å². The molecule has 1 aromatic rings. The highest BCUT2D eigenvalue weighted by molar-refractivity contribution is 6.12. The van der Waals surface area contributed by atoms with Crippen molar-refractivity contribution in [3.8, 4) is 0 Å². The second-order valence-corrected chi connectivity index (χ2v) is 8.04. The number of carbonyl (C=O) groups is 2. The van der Waals surface area contributed by atoms with Crippen molar-refractivity contribution in [2.45, 2.75) is 58.9 Å². The number of ether oxygens (including phenoxy) is 1. The molecule has 0 bridgehead atoms. The molecular weight excluding hydrogens is 430 g/mol. The number of likely N-dealkylation sites (N-methyl/N-ethyl adjacent to an activating group) is 1. The SMILES string of the molecule is C=C(/N=C1\C(=C/CC)C=C(C(=O)N(C)C)N1C1CCCC1)Nc1ccc(C(=O)OC)cn1.CC. The Morgan fingerprint density at radius 3 is 2.50 bits per heavy atom. The van der Waals surface area contributed by atoms with Gasteiger partial charge in [-0.3, -0.25) is 4.79 Å². The normalized spacial score (nSPS) is 17.8. The van der Waals surface area contributed by atoms with Gasteiger partial charge in [-0.25, -0.2) is 14.8 Å². The summed E-state index contributed by atoms with van der Waals surface area (Å²) in [6.45, 7) is 10.1. The van der Waals surface area contributed by atoms with Crippen LogP contribution in [0.15, 0.2) is 59.1 Å². The second-order valence-electron chi connectivity index (χ2n) is 8.04. The van der Waals surface area contributed by atoms with E-state index in [0.717, 1.165) is 43.5 Å². The summed E-state index contributed by atoms with van der Waals surface area (Å²) in [6.07, 6.45) is 10.6. The molecule has 184 valence electrons. The molecule has 3 rings (SSSR count). The summed E-state index contributed by atoms with van der Waals surface area (Å²) >= 11 is 0. The predicted octanol–water partition coefficient (Wildman–Crippen LogP) is 4.74. The number of aliphatic imine (C=N–C) groups is 1. The summed E-state index contributed by atoms with van der Waals surface area (Å²) in [7, 11) is 4.85. The average molecular weight is 468 g/mol. The third-order valence-corrected chi connectivity index (χ3v) is 5.48. The standard InChI is InChI=1S/C24H31N5O3.C2H6/c1-6-9-17-14-20(23(30)28(3)4)29(19-10-7-8-11-19)22(17)27-16(2)26-21-13-12-18(15-25-21)24(31)32-5;1-2/h9,12-15,19H,2,6-8,10-11H2,1,3-5H3,(H,25,26);1-2H3/b17-9-,27-22+;. The molecule has 0 saturated heterocycles. The van der Waals surface area contributed by atoms with Gasteiger partial charge in [-0.15, -0.1) is 0 Å². The number of nitrogens with zero attached hydrogens (tertiary/aromatic N) is 4. The molecule has 1 aliphatic heterocycles. The average Bonchev–Trinajstić information content (AvgIpc) is 3.48. The van der Waals surface area contributed by atoms with Gasteiger partial charge < -0.3 is 19.9 Å². The maximum atomic E-state index is 12.9. The van der Waals surface area contributed by atoms with E-state index in [9.17, 15) is 9.59 Å². The molecule has 1 fully saturated rings. The van der Waals surface area contributed by atoms with Crippen LogP contribution in [0, 0.1) is 0 Å². The number of allylic oxidation sites excluding steroid dienone is 1. The summed E-state index contributed by atoms with van der Waals surface area (Å²) in [4.78, 5) is 37.2. The van der Waals surface area contributed by atoms with Crippen LogP contribution in [0.4, 0.5) is 5.82 Å². The molecule has 1 amide bonds. The van der Waals surface area contributed by atoms with Crippen LogP contribution >= 0.6 is 0 Å². The second kappa shape index (κ2) is 12.7. The van der Waals surface area contributed by atoms with Gasteiger partial charge in [0, 0.05) is 31.9 Å².